The largest absolute Gasteiger partial charge is 0.491 e. The van der Waals surface area contributed by atoms with Gasteiger partial charge in [-0.25, -0.2) is 0 Å². The number of hydrogen-bond acceptors (Lipinski definition) is 2. The monoisotopic (exact) mass is 310 g/mol. The Kier molecular flexibility index (Phi) is 4.92. The molecule has 2 rings (SSSR count). The first-order chi connectivity index (χ1) is 9.47. The molecule has 1 N–H and O–H groups in total. The van der Waals surface area contributed by atoms with Crippen LogP contribution in [0, 0.1) is 0 Å². The van der Waals surface area contributed by atoms with Crippen LogP contribution in [0.5, 0.6) is 5.75 Å². The number of hydrogen-bond donors (Lipinski definition) is 1. The molecule has 4 heteroatoms. The molecule has 0 radical (unpaired) electrons. The molecule has 0 aromatic heterocycles. The Balaban J connectivity index is 2.30. The van der Waals surface area contributed by atoms with E-state index in [9.17, 15) is 5.11 Å². The van der Waals surface area contributed by atoms with Crippen molar-refractivity contribution in [2.24, 2.45) is 0 Å². The highest BCUT2D eigenvalue weighted by Gasteiger charge is 2.15. The van der Waals surface area contributed by atoms with E-state index >= 15 is 0 Å². The molecule has 0 spiro atoms. The average molecular weight is 311 g/mol. The second-order valence-corrected chi connectivity index (χ2v) is 5.65. The average Bonchev–Trinajstić information content (AvgIpc) is 2.37. The highest BCUT2D eigenvalue weighted by molar-refractivity contribution is 6.35. The van der Waals surface area contributed by atoms with Gasteiger partial charge in [0, 0.05) is 15.6 Å². The third kappa shape index (κ3) is 3.66. The molecule has 0 aliphatic carbocycles. The van der Waals surface area contributed by atoms with Gasteiger partial charge in [-0.2, -0.15) is 0 Å². The summed E-state index contributed by atoms with van der Waals surface area (Å²) in [7, 11) is 0. The van der Waals surface area contributed by atoms with Crippen molar-refractivity contribution < 1.29 is 9.84 Å². The molecule has 0 fully saturated rings. The lowest BCUT2D eigenvalue weighted by Gasteiger charge is -2.16. The minimum absolute atomic E-state index is 0.0847. The van der Waals surface area contributed by atoms with Crippen molar-refractivity contribution >= 4 is 23.2 Å². The molecular formula is C16H16Cl2O2. The van der Waals surface area contributed by atoms with Crippen LogP contribution in [0.1, 0.15) is 31.1 Å². The number of aliphatic hydroxyl groups excluding tert-OH is 1. The summed E-state index contributed by atoms with van der Waals surface area (Å²) in [6, 6.07) is 12.4. The Hall–Kier alpha value is -1.22. The quantitative estimate of drug-likeness (QED) is 0.873. The van der Waals surface area contributed by atoms with Crippen LogP contribution in [0.4, 0.5) is 0 Å². The standard InChI is InChI=1S/C16H16Cl2O2/c1-10(2)20-13-5-3-4-11(8-13)16(19)14-7-6-12(17)9-15(14)18/h3-10,16,19H,1-2H3. The summed E-state index contributed by atoms with van der Waals surface area (Å²) in [4.78, 5) is 0. The molecular weight excluding hydrogens is 295 g/mol. The molecule has 106 valence electrons. The van der Waals surface area contributed by atoms with E-state index in [0.717, 1.165) is 11.3 Å². The number of rotatable bonds is 4. The molecule has 0 saturated carbocycles. The van der Waals surface area contributed by atoms with Gasteiger partial charge >= 0.3 is 0 Å². The van der Waals surface area contributed by atoms with Gasteiger partial charge in [0.2, 0.25) is 0 Å². The molecule has 0 aliphatic heterocycles. The second-order valence-electron chi connectivity index (χ2n) is 4.81. The van der Waals surface area contributed by atoms with Crippen molar-refractivity contribution in [3.8, 4) is 5.75 Å². The summed E-state index contributed by atoms with van der Waals surface area (Å²) < 4.78 is 5.63. The minimum atomic E-state index is -0.810. The van der Waals surface area contributed by atoms with Crippen LogP contribution < -0.4 is 4.74 Å². The Morgan fingerprint density at radius 3 is 2.45 bits per heavy atom. The molecule has 0 aliphatic rings. The lowest BCUT2D eigenvalue weighted by molar-refractivity contribution is 0.216. The summed E-state index contributed by atoms with van der Waals surface area (Å²) in [6.45, 7) is 3.92. The molecule has 1 atom stereocenters. The maximum Gasteiger partial charge on any atom is 0.120 e. The first-order valence-corrected chi connectivity index (χ1v) is 7.12. The van der Waals surface area contributed by atoms with Crippen molar-refractivity contribution in [3.63, 3.8) is 0 Å². The van der Waals surface area contributed by atoms with E-state index < -0.39 is 6.10 Å². The summed E-state index contributed by atoms with van der Waals surface area (Å²) in [5.74, 6) is 0.724. The molecule has 0 heterocycles. The molecule has 2 nitrogen and oxygen atoms in total. The Bertz CT molecular complexity index is 597. The van der Waals surface area contributed by atoms with Crippen LogP contribution in [0.25, 0.3) is 0 Å². The van der Waals surface area contributed by atoms with Gasteiger partial charge < -0.3 is 9.84 Å². The fraction of sp³-hybridized carbons (Fsp3) is 0.250. The van der Waals surface area contributed by atoms with E-state index in [2.05, 4.69) is 0 Å². The van der Waals surface area contributed by atoms with Crippen LogP contribution in [0.2, 0.25) is 10.0 Å². The van der Waals surface area contributed by atoms with Crippen molar-refractivity contribution in [2.45, 2.75) is 26.1 Å². The molecule has 0 amide bonds. The SMILES string of the molecule is CC(C)Oc1cccc(C(O)c2ccc(Cl)cc2Cl)c1. The smallest absolute Gasteiger partial charge is 0.120 e. The van der Waals surface area contributed by atoms with Gasteiger partial charge in [0.15, 0.2) is 0 Å². The van der Waals surface area contributed by atoms with Gasteiger partial charge in [-0.3, -0.25) is 0 Å². The number of aliphatic hydroxyl groups is 1. The first-order valence-electron chi connectivity index (χ1n) is 6.37. The van der Waals surface area contributed by atoms with E-state index in [1.165, 1.54) is 0 Å². The van der Waals surface area contributed by atoms with E-state index in [1.54, 1.807) is 18.2 Å². The zero-order valence-electron chi connectivity index (χ0n) is 11.3. The molecule has 0 bridgehead atoms. The van der Waals surface area contributed by atoms with E-state index in [0.29, 0.717) is 15.6 Å². The van der Waals surface area contributed by atoms with E-state index in [-0.39, 0.29) is 6.10 Å². The number of benzene rings is 2. The lowest BCUT2D eigenvalue weighted by atomic mass is 10.0. The van der Waals surface area contributed by atoms with Crippen molar-refractivity contribution in [1.29, 1.82) is 0 Å². The highest BCUT2D eigenvalue weighted by Crippen LogP contribution is 2.31. The van der Waals surface area contributed by atoms with Gasteiger partial charge in [0.25, 0.3) is 0 Å². The van der Waals surface area contributed by atoms with Crippen LogP contribution >= 0.6 is 23.2 Å². The summed E-state index contributed by atoms with van der Waals surface area (Å²) in [6.07, 6.45) is -0.725. The van der Waals surface area contributed by atoms with E-state index in [4.69, 9.17) is 27.9 Å². The van der Waals surface area contributed by atoms with Gasteiger partial charge in [-0.1, -0.05) is 41.4 Å². The van der Waals surface area contributed by atoms with Crippen molar-refractivity contribution in [3.05, 3.63) is 63.6 Å². The molecule has 2 aromatic carbocycles. The predicted molar refractivity (Wildman–Crippen MR) is 82.7 cm³/mol. The first kappa shape index (κ1) is 15.2. The van der Waals surface area contributed by atoms with Crippen LogP contribution in [0.15, 0.2) is 42.5 Å². The van der Waals surface area contributed by atoms with Crippen LogP contribution in [0.3, 0.4) is 0 Å². The summed E-state index contributed by atoms with van der Waals surface area (Å²) >= 11 is 12.0. The third-order valence-electron chi connectivity index (χ3n) is 2.80. The van der Waals surface area contributed by atoms with Gasteiger partial charge in [0.1, 0.15) is 11.9 Å². The number of ether oxygens (including phenoxy) is 1. The van der Waals surface area contributed by atoms with E-state index in [1.807, 2.05) is 38.1 Å². The minimum Gasteiger partial charge on any atom is -0.491 e. The normalized spacial score (nSPS) is 12.5. The predicted octanol–water partition coefficient (Wildman–Crippen LogP) is 4.86. The summed E-state index contributed by atoms with van der Waals surface area (Å²) in [5.41, 5.74) is 1.35. The zero-order valence-corrected chi connectivity index (χ0v) is 12.8. The molecule has 0 saturated heterocycles. The Morgan fingerprint density at radius 2 is 1.80 bits per heavy atom. The van der Waals surface area contributed by atoms with Crippen LogP contribution in [-0.2, 0) is 0 Å². The Morgan fingerprint density at radius 1 is 1.05 bits per heavy atom. The Labute approximate surface area is 128 Å². The fourth-order valence-electron chi connectivity index (χ4n) is 1.93. The lowest BCUT2D eigenvalue weighted by Crippen LogP contribution is -2.06. The maximum absolute atomic E-state index is 10.4. The second kappa shape index (κ2) is 6.49. The van der Waals surface area contributed by atoms with Crippen molar-refractivity contribution in [1.82, 2.24) is 0 Å². The van der Waals surface area contributed by atoms with Gasteiger partial charge in [-0.15, -0.1) is 0 Å². The highest BCUT2D eigenvalue weighted by atomic mass is 35.5. The maximum atomic E-state index is 10.4. The summed E-state index contributed by atoms with van der Waals surface area (Å²) in [5, 5.41) is 11.4. The van der Waals surface area contributed by atoms with Gasteiger partial charge in [0.05, 0.1) is 6.10 Å². The van der Waals surface area contributed by atoms with Crippen LogP contribution in [-0.4, -0.2) is 11.2 Å². The third-order valence-corrected chi connectivity index (χ3v) is 3.37. The number of halogens is 2. The van der Waals surface area contributed by atoms with Gasteiger partial charge in [-0.05, 0) is 43.7 Å². The fourth-order valence-corrected chi connectivity index (χ4v) is 2.44. The molecule has 20 heavy (non-hydrogen) atoms. The zero-order chi connectivity index (χ0) is 14.7. The topological polar surface area (TPSA) is 29.5 Å². The van der Waals surface area contributed by atoms with Crippen molar-refractivity contribution in [2.75, 3.05) is 0 Å². The molecule has 2 aromatic rings. The molecule has 1 unspecified atom stereocenters.